The molecule has 4 aliphatic rings. The average Bonchev–Trinajstić information content (AvgIpc) is 3.88. The summed E-state index contributed by atoms with van der Waals surface area (Å²) >= 11 is 0. The number of anilines is 2. The molecule has 4 unspecified atom stereocenters. The Morgan fingerprint density at radius 3 is 2.45 bits per heavy atom. The smallest absolute Gasteiger partial charge is 0.418 e. The van der Waals surface area contributed by atoms with Crippen LogP contribution in [-0.4, -0.2) is 89.7 Å². The number of aryl methyl sites for hydroxylation is 1. The van der Waals surface area contributed by atoms with Crippen LogP contribution in [0.2, 0.25) is 0 Å². The minimum Gasteiger partial charge on any atom is -0.423 e. The molecule has 6 aromatic rings. The number of halogens is 3. The molecular formula is C40H39F3N14O3. The zero-order chi connectivity index (χ0) is 41.5. The standard InChI is InChI=1S/C40H39F3N14O3/c1-20-7-24-14-39(13-20,57(24)38(59)52-32-11-27(28(16-48-32)40(41,42)43)29-18-55-33(17-46-29)49-19-50-55)36-54-53-34(60-36)12-25-21(2)8-23-9-30(25)56(23)37(58)51-31-10-26(22(3)15-47-31)35-44-5-4-6-45-35/h4-6,10-11,15-21,23-25,30H,7-9,12-14H2,1-3H3,(H,47,51,58)(H,48,52,59)/t20-,21?,23?,24+,25?,30?,39-/m1/s1. The molecule has 0 aromatic carbocycles. The van der Waals surface area contributed by atoms with Crippen LogP contribution >= 0.6 is 0 Å². The number of carbonyl (C=O) groups excluding carboxylic acids is 2. The normalized spacial score (nSPS) is 25.7. The number of likely N-dealkylation sites (tertiary alicyclic amines) is 1. The van der Waals surface area contributed by atoms with Crippen molar-refractivity contribution >= 4 is 29.3 Å². The molecule has 1 saturated carbocycles. The Labute approximate surface area is 340 Å². The van der Waals surface area contributed by atoms with Gasteiger partial charge in [0.25, 0.3) is 0 Å². The molecule has 9 heterocycles. The highest BCUT2D eigenvalue weighted by molar-refractivity contribution is 5.91. The second-order valence-corrected chi connectivity index (χ2v) is 16.5. The highest BCUT2D eigenvalue weighted by atomic mass is 19.4. The Hall–Kier alpha value is -6.60. The van der Waals surface area contributed by atoms with Crippen LogP contribution in [0.1, 0.15) is 68.9 Å². The van der Waals surface area contributed by atoms with E-state index in [4.69, 9.17) is 4.42 Å². The van der Waals surface area contributed by atoms with Crippen LogP contribution in [0.3, 0.4) is 0 Å². The molecule has 4 fully saturated rings. The van der Waals surface area contributed by atoms with Crippen molar-refractivity contribution < 1.29 is 27.2 Å². The Balaban J connectivity index is 0.857. The maximum absolute atomic E-state index is 14.2. The Bertz CT molecular complexity index is 2640. The van der Waals surface area contributed by atoms with Crippen molar-refractivity contribution in [1.29, 1.82) is 0 Å². The third-order valence-corrected chi connectivity index (χ3v) is 12.7. The number of hydrogen-bond donors (Lipinski definition) is 2. The van der Waals surface area contributed by atoms with Gasteiger partial charge in [-0.1, -0.05) is 13.8 Å². The average molecular weight is 821 g/mol. The SMILES string of the molecule is Cc1cnc(NC(=O)N2C3CC(C)C(Cc4nnc([C@@]56C[C@H](C)C[C@@H](C5)N6C(=O)Nc5cc(-c6cn7ncnc7cn6)c(C(F)(F)F)cn5)o4)C2C3)cc1-c1ncccn1. The van der Waals surface area contributed by atoms with E-state index < -0.39 is 23.3 Å². The molecule has 0 radical (unpaired) electrons. The minimum atomic E-state index is -4.74. The molecule has 308 valence electrons. The summed E-state index contributed by atoms with van der Waals surface area (Å²) in [6.07, 6.45) is 8.94. The van der Waals surface area contributed by atoms with Gasteiger partial charge < -0.3 is 14.2 Å². The molecule has 7 atom stereocenters. The molecule has 3 aliphatic heterocycles. The van der Waals surface area contributed by atoms with Crippen LogP contribution in [0.25, 0.3) is 28.3 Å². The summed E-state index contributed by atoms with van der Waals surface area (Å²) < 4.78 is 50.2. The summed E-state index contributed by atoms with van der Waals surface area (Å²) in [5.74, 6) is 2.19. The van der Waals surface area contributed by atoms with Gasteiger partial charge in [-0.15, -0.1) is 10.2 Å². The lowest BCUT2D eigenvalue weighted by Gasteiger charge is -2.61. The third kappa shape index (κ3) is 6.35. The first kappa shape index (κ1) is 37.7. The van der Waals surface area contributed by atoms with Gasteiger partial charge in [0.1, 0.15) is 23.5 Å². The number of fused-ring (bicyclic) bond motifs is 5. The molecule has 4 bridgehead atoms. The van der Waals surface area contributed by atoms with Gasteiger partial charge in [-0.05, 0) is 74.1 Å². The topological polar surface area (TPSA) is 198 Å². The highest BCUT2D eigenvalue weighted by Crippen LogP contribution is 2.56. The van der Waals surface area contributed by atoms with E-state index in [1.165, 1.54) is 23.2 Å². The van der Waals surface area contributed by atoms with Crippen LogP contribution in [0, 0.1) is 24.7 Å². The van der Waals surface area contributed by atoms with Crippen molar-refractivity contribution in [2.75, 3.05) is 10.6 Å². The van der Waals surface area contributed by atoms with Crippen molar-refractivity contribution in [1.82, 2.24) is 59.5 Å². The minimum absolute atomic E-state index is 0.0209. The van der Waals surface area contributed by atoms with Gasteiger partial charge in [0.2, 0.25) is 11.8 Å². The van der Waals surface area contributed by atoms with Gasteiger partial charge >= 0.3 is 18.2 Å². The second kappa shape index (κ2) is 14.0. The van der Waals surface area contributed by atoms with Crippen molar-refractivity contribution in [3.05, 3.63) is 84.6 Å². The molecule has 20 heteroatoms. The highest BCUT2D eigenvalue weighted by Gasteiger charge is 2.62. The van der Waals surface area contributed by atoms with Gasteiger partial charge in [-0.2, -0.15) is 18.3 Å². The van der Waals surface area contributed by atoms with Crippen LogP contribution in [0.15, 0.2) is 66.1 Å². The van der Waals surface area contributed by atoms with Crippen molar-refractivity contribution in [2.45, 2.75) is 89.1 Å². The maximum Gasteiger partial charge on any atom is 0.418 e. The molecular weight excluding hydrogens is 782 g/mol. The van der Waals surface area contributed by atoms with E-state index in [1.807, 2.05) is 11.8 Å². The first-order chi connectivity index (χ1) is 28.8. The summed E-state index contributed by atoms with van der Waals surface area (Å²) in [6, 6.07) is 3.84. The van der Waals surface area contributed by atoms with Crippen LogP contribution in [0.5, 0.6) is 0 Å². The number of pyridine rings is 2. The zero-order valence-corrected chi connectivity index (χ0v) is 32.7. The first-order valence-electron chi connectivity index (χ1n) is 19.8. The lowest BCUT2D eigenvalue weighted by Crippen LogP contribution is -2.70. The van der Waals surface area contributed by atoms with Gasteiger partial charge in [-0.25, -0.2) is 39.0 Å². The van der Waals surface area contributed by atoms with E-state index in [9.17, 15) is 22.8 Å². The number of nitrogens with one attached hydrogen (secondary N) is 2. The number of carbonyl (C=O) groups is 2. The molecule has 3 saturated heterocycles. The summed E-state index contributed by atoms with van der Waals surface area (Å²) in [7, 11) is 0. The van der Waals surface area contributed by atoms with E-state index in [1.54, 1.807) is 35.6 Å². The van der Waals surface area contributed by atoms with Crippen molar-refractivity contribution in [3.8, 4) is 22.6 Å². The summed E-state index contributed by atoms with van der Waals surface area (Å²) in [4.78, 5) is 56.7. The van der Waals surface area contributed by atoms with Gasteiger partial charge in [0, 0.05) is 66.9 Å². The number of amides is 4. The molecule has 17 nitrogen and oxygen atoms in total. The van der Waals surface area contributed by atoms with E-state index in [2.05, 4.69) is 69.7 Å². The van der Waals surface area contributed by atoms with Crippen molar-refractivity contribution in [2.24, 2.45) is 17.8 Å². The number of urea groups is 2. The van der Waals surface area contributed by atoms with Crippen LogP contribution in [-0.2, 0) is 18.1 Å². The number of alkyl halides is 3. The summed E-state index contributed by atoms with van der Waals surface area (Å²) in [6.45, 7) is 6.20. The lowest BCUT2D eigenvalue weighted by molar-refractivity contribution is -0.137. The quantitative estimate of drug-likeness (QED) is 0.176. The lowest BCUT2D eigenvalue weighted by atomic mass is 9.64. The number of piperidine rings is 2. The third-order valence-electron chi connectivity index (χ3n) is 12.7. The maximum atomic E-state index is 14.2. The molecule has 2 N–H and O–H groups in total. The molecule has 1 aliphatic carbocycles. The number of hydrogen-bond acceptors (Lipinski definition) is 12. The summed E-state index contributed by atoms with van der Waals surface area (Å²) in [5.41, 5.74) is -0.174. The predicted molar refractivity (Wildman–Crippen MR) is 207 cm³/mol. The van der Waals surface area contributed by atoms with E-state index in [0.29, 0.717) is 54.5 Å². The van der Waals surface area contributed by atoms with Gasteiger partial charge in [0.15, 0.2) is 11.5 Å². The summed E-state index contributed by atoms with van der Waals surface area (Å²) in [5, 5.41) is 18.7. The molecule has 60 heavy (non-hydrogen) atoms. The number of rotatable bonds is 7. The van der Waals surface area contributed by atoms with Crippen molar-refractivity contribution in [3.63, 3.8) is 0 Å². The predicted octanol–water partition coefficient (Wildman–Crippen LogP) is 6.55. The fourth-order valence-corrected chi connectivity index (χ4v) is 9.98. The van der Waals surface area contributed by atoms with Crippen LogP contribution in [0.4, 0.5) is 34.4 Å². The van der Waals surface area contributed by atoms with E-state index in [-0.39, 0.29) is 59.0 Å². The second-order valence-electron chi connectivity index (χ2n) is 16.5. The number of aromatic nitrogens is 10. The Morgan fingerprint density at radius 2 is 1.65 bits per heavy atom. The molecule has 6 aromatic heterocycles. The molecule has 0 spiro atoms. The first-order valence-corrected chi connectivity index (χ1v) is 19.8. The Kier molecular flexibility index (Phi) is 8.79. The zero-order valence-electron chi connectivity index (χ0n) is 32.7. The largest absolute Gasteiger partial charge is 0.423 e. The van der Waals surface area contributed by atoms with E-state index >= 15 is 0 Å². The number of nitrogens with zero attached hydrogens (tertiary/aromatic N) is 12. The molecule has 10 rings (SSSR count). The fourth-order valence-electron chi connectivity index (χ4n) is 9.98. The van der Waals surface area contributed by atoms with Crippen LogP contribution < -0.4 is 10.6 Å². The Morgan fingerprint density at radius 1 is 0.883 bits per heavy atom. The van der Waals surface area contributed by atoms with Gasteiger partial charge in [-0.3, -0.25) is 15.6 Å². The van der Waals surface area contributed by atoms with Gasteiger partial charge in [0.05, 0.1) is 23.7 Å². The molecule has 4 amide bonds. The monoisotopic (exact) mass is 820 g/mol. The fraction of sp³-hybridized carbons (Fsp3) is 0.425. The van der Waals surface area contributed by atoms with E-state index in [0.717, 1.165) is 36.5 Å².